The van der Waals surface area contributed by atoms with Gasteiger partial charge in [0.05, 0.1) is 17.7 Å². The van der Waals surface area contributed by atoms with Crippen LogP contribution in [-0.2, 0) is 11.8 Å². The van der Waals surface area contributed by atoms with Gasteiger partial charge in [-0.25, -0.2) is 4.68 Å². The topological polar surface area (TPSA) is 89.7 Å². The monoisotopic (exact) mass is 365 g/mol. The molecule has 4 rings (SSSR count). The van der Waals surface area contributed by atoms with Crippen LogP contribution in [0.15, 0.2) is 36.8 Å². The molecule has 3 heterocycles. The van der Waals surface area contributed by atoms with Crippen molar-refractivity contribution in [2.45, 2.75) is 32.9 Å². The number of nitrogens with zero attached hydrogens (tertiary/aromatic N) is 5. The molecule has 8 nitrogen and oxygen atoms in total. The molecule has 0 saturated heterocycles. The van der Waals surface area contributed by atoms with Crippen LogP contribution in [0.3, 0.4) is 0 Å². The van der Waals surface area contributed by atoms with Crippen molar-refractivity contribution in [1.29, 1.82) is 0 Å². The first kappa shape index (κ1) is 17.3. The molecule has 8 heteroatoms. The highest BCUT2D eigenvalue weighted by Gasteiger charge is 2.42. The van der Waals surface area contributed by atoms with E-state index in [1.54, 1.807) is 9.36 Å². The first-order chi connectivity index (χ1) is 13.0. The molecule has 1 aromatic carbocycles. The van der Waals surface area contributed by atoms with Crippen molar-refractivity contribution in [1.82, 2.24) is 24.5 Å². The maximum absolute atomic E-state index is 13.3. The van der Waals surface area contributed by atoms with E-state index in [9.17, 15) is 4.79 Å². The molecule has 1 aliphatic rings. The highest BCUT2D eigenvalue weighted by Crippen LogP contribution is 2.37. The minimum Gasteiger partial charge on any atom is -0.351 e. The molecule has 27 heavy (non-hydrogen) atoms. The van der Waals surface area contributed by atoms with Gasteiger partial charge in [0.15, 0.2) is 0 Å². The normalized spacial score (nSPS) is 21.4. The molecule has 0 unspecified atom stereocenters. The summed E-state index contributed by atoms with van der Waals surface area (Å²) in [5, 5.41) is 15.2. The molecule has 140 valence electrons. The Balaban J connectivity index is 1.76. The fraction of sp³-hybridized carbons (Fsp3) is 0.368. The Hall–Kier alpha value is -3.16. The second-order valence-electron chi connectivity index (χ2n) is 7.08. The van der Waals surface area contributed by atoms with Gasteiger partial charge >= 0.3 is 0 Å². The summed E-state index contributed by atoms with van der Waals surface area (Å²) in [5.41, 5.74) is 3.70. The zero-order valence-electron chi connectivity index (χ0n) is 15.8. The zero-order chi connectivity index (χ0) is 19.1. The van der Waals surface area contributed by atoms with Crippen LogP contribution in [0, 0.1) is 19.8 Å². The maximum Gasteiger partial charge on any atom is 0.232 e. The van der Waals surface area contributed by atoms with Crippen LogP contribution in [0.25, 0.3) is 0 Å². The highest BCUT2D eigenvalue weighted by atomic mass is 16.2. The minimum atomic E-state index is -0.373. The van der Waals surface area contributed by atoms with Gasteiger partial charge in [0.2, 0.25) is 11.9 Å². The summed E-state index contributed by atoms with van der Waals surface area (Å²) in [7, 11) is 1.88. The van der Waals surface area contributed by atoms with Crippen molar-refractivity contribution in [3.05, 3.63) is 53.6 Å². The molecule has 2 N–H and O–H groups in total. The summed E-state index contributed by atoms with van der Waals surface area (Å²) in [5.74, 6) is 0.233. The summed E-state index contributed by atoms with van der Waals surface area (Å²) in [6, 6.07) is 7.38. The summed E-state index contributed by atoms with van der Waals surface area (Å²) < 4.78 is 3.55. The molecule has 3 atom stereocenters. The van der Waals surface area contributed by atoms with Crippen molar-refractivity contribution in [2.24, 2.45) is 13.0 Å². The third-order valence-electron chi connectivity index (χ3n) is 5.15. The molecule has 3 aromatic rings. The number of fused-ring (bicyclic) bond motifs is 1. The van der Waals surface area contributed by atoms with E-state index in [2.05, 4.69) is 25.8 Å². The van der Waals surface area contributed by atoms with Crippen LogP contribution < -0.4 is 10.6 Å². The summed E-state index contributed by atoms with van der Waals surface area (Å²) in [4.78, 5) is 17.6. The van der Waals surface area contributed by atoms with Crippen molar-refractivity contribution >= 4 is 17.5 Å². The van der Waals surface area contributed by atoms with Gasteiger partial charge in [0, 0.05) is 30.5 Å². The van der Waals surface area contributed by atoms with E-state index >= 15 is 0 Å². The number of carbonyl (C=O) groups excluding carboxylic acids is 1. The van der Waals surface area contributed by atoms with Gasteiger partial charge in [-0.15, -0.1) is 0 Å². The van der Waals surface area contributed by atoms with Gasteiger partial charge in [-0.1, -0.05) is 18.2 Å². The Labute approximate surface area is 157 Å². The summed E-state index contributed by atoms with van der Waals surface area (Å²) in [6.07, 6.45) is 3.47. The lowest BCUT2D eigenvalue weighted by Crippen LogP contribution is -2.46. The first-order valence-corrected chi connectivity index (χ1v) is 8.98. The van der Waals surface area contributed by atoms with Gasteiger partial charge < -0.3 is 10.6 Å². The fourth-order valence-corrected chi connectivity index (χ4v) is 3.81. The van der Waals surface area contributed by atoms with Crippen LogP contribution in [0.4, 0.5) is 11.6 Å². The van der Waals surface area contributed by atoms with E-state index in [1.165, 1.54) is 6.33 Å². The molecule has 0 spiro atoms. The molecule has 1 aliphatic heterocycles. The summed E-state index contributed by atoms with van der Waals surface area (Å²) in [6.45, 7) is 5.93. The van der Waals surface area contributed by atoms with Crippen LogP contribution >= 0.6 is 0 Å². The number of para-hydroxylation sites is 1. The third-order valence-corrected chi connectivity index (χ3v) is 5.15. The van der Waals surface area contributed by atoms with E-state index in [1.807, 2.05) is 58.3 Å². The SMILES string of the molecule is Cc1ccccc1NC(=O)[C@@H]1[C@@H](C)Nc2ncnn2[C@H]1c1cn(C)nc1C. The predicted octanol–water partition coefficient (Wildman–Crippen LogP) is 2.29. The van der Waals surface area contributed by atoms with Crippen molar-refractivity contribution < 1.29 is 4.79 Å². The number of amides is 1. The number of aromatic nitrogens is 5. The van der Waals surface area contributed by atoms with Crippen LogP contribution in [0.5, 0.6) is 0 Å². The molecule has 0 aliphatic carbocycles. The minimum absolute atomic E-state index is 0.0568. The largest absolute Gasteiger partial charge is 0.351 e. The third kappa shape index (κ3) is 2.97. The molecule has 0 fully saturated rings. The van der Waals surface area contributed by atoms with Crippen LogP contribution in [0.1, 0.15) is 29.8 Å². The van der Waals surface area contributed by atoms with E-state index in [4.69, 9.17) is 0 Å². The standard InChI is InChI=1S/C19H23N7O/c1-11-7-5-6-8-15(11)23-18(27)16-13(3)22-19-20-10-21-26(19)17(16)14-9-25(4)24-12(14)2/h5-10,13,16-17H,1-4H3,(H,23,27)(H,20,21,22)/t13-,16-,17+/m1/s1. The van der Waals surface area contributed by atoms with Crippen LogP contribution in [0.2, 0.25) is 0 Å². The first-order valence-electron chi connectivity index (χ1n) is 8.98. The van der Waals surface area contributed by atoms with Crippen molar-refractivity contribution in [3.8, 4) is 0 Å². The zero-order valence-corrected chi connectivity index (χ0v) is 15.8. The predicted molar refractivity (Wildman–Crippen MR) is 102 cm³/mol. The smallest absolute Gasteiger partial charge is 0.232 e. The lowest BCUT2D eigenvalue weighted by molar-refractivity contribution is -0.121. The van der Waals surface area contributed by atoms with Gasteiger partial charge in [-0.2, -0.15) is 15.2 Å². The number of benzene rings is 1. The number of rotatable bonds is 3. The van der Waals surface area contributed by atoms with Gasteiger partial charge in [-0.3, -0.25) is 9.48 Å². The van der Waals surface area contributed by atoms with Gasteiger partial charge in [-0.05, 0) is 32.4 Å². The summed E-state index contributed by atoms with van der Waals surface area (Å²) >= 11 is 0. The number of anilines is 2. The molecule has 1 amide bonds. The molecule has 0 bridgehead atoms. The molecule has 0 saturated carbocycles. The molecular weight excluding hydrogens is 342 g/mol. The van der Waals surface area contributed by atoms with Crippen LogP contribution in [-0.4, -0.2) is 36.5 Å². The molecule has 0 radical (unpaired) electrons. The van der Waals surface area contributed by atoms with Gasteiger partial charge in [0.1, 0.15) is 6.33 Å². The number of aryl methyl sites for hydroxylation is 3. The lowest BCUT2D eigenvalue weighted by atomic mass is 9.85. The van der Waals surface area contributed by atoms with E-state index in [0.29, 0.717) is 5.95 Å². The fourth-order valence-electron chi connectivity index (χ4n) is 3.81. The van der Waals surface area contributed by atoms with E-state index in [0.717, 1.165) is 22.5 Å². The Kier molecular flexibility index (Phi) is 4.18. The second-order valence-corrected chi connectivity index (χ2v) is 7.08. The second kappa shape index (κ2) is 6.53. The molecule has 2 aromatic heterocycles. The maximum atomic E-state index is 13.3. The average Bonchev–Trinajstić information content (AvgIpc) is 3.21. The number of carbonyl (C=O) groups is 1. The number of nitrogens with one attached hydrogen (secondary N) is 2. The Bertz CT molecular complexity index is 990. The van der Waals surface area contributed by atoms with Gasteiger partial charge in [0.25, 0.3) is 0 Å². The quantitative estimate of drug-likeness (QED) is 0.743. The van der Waals surface area contributed by atoms with Crippen molar-refractivity contribution in [2.75, 3.05) is 10.6 Å². The Morgan fingerprint density at radius 2 is 2.04 bits per heavy atom. The Morgan fingerprint density at radius 1 is 1.26 bits per heavy atom. The van der Waals surface area contributed by atoms with Crippen molar-refractivity contribution in [3.63, 3.8) is 0 Å². The molecular formula is C19H23N7O. The Morgan fingerprint density at radius 3 is 2.74 bits per heavy atom. The van der Waals surface area contributed by atoms with E-state index < -0.39 is 0 Å². The average molecular weight is 365 g/mol. The number of hydrogen-bond donors (Lipinski definition) is 2. The number of hydrogen-bond acceptors (Lipinski definition) is 5. The lowest BCUT2D eigenvalue weighted by Gasteiger charge is -2.36. The van der Waals surface area contributed by atoms with E-state index in [-0.39, 0.29) is 23.9 Å². The highest BCUT2D eigenvalue weighted by molar-refractivity contribution is 5.94.